The van der Waals surface area contributed by atoms with Gasteiger partial charge in [-0.3, -0.25) is 4.90 Å². The Morgan fingerprint density at radius 1 is 1.32 bits per heavy atom. The number of aliphatic imine (C=N–C) groups is 1. The molecule has 0 bridgehead atoms. The molecular formula is C22H36N4O2. The molecule has 2 aliphatic rings. The van der Waals surface area contributed by atoms with Crippen LogP contribution < -0.4 is 10.5 Å². The van der Waals surface area contributed by atoms with Crippen molar-refractivity contribution in [2.75, 3.05) is 46.5 Å². The van der Waals surface area contributed by atoms with Gasteiger partial charge in [0.2, 0.25) is 0 Å². The maximum absolute atomic E-state index is 6.21. The molecule has 2 N–H and O–H groups in total. The smallest absolute Gasteiger partial charge is 0.191 e. The normalized spacial score (nSPS) is 21.9. The summed E-state index contributed by atoms with van der Waals surface area (Å²) in [7, 11) is 2.18. The van der Waals surface area contributed by atoms with Crippen molar-refractivity contribution in [1.29, 1.82) is 0 Å². The van der Waals surface area contributed by atoms with Crippen LogP contribution in [0.5, 0.6) is 5.75 Å². The molecule has 2 aliphatic heterocycles. The average molecular weight is 389 g/mol. The molecule has 0 spiro atoms. The molecule has 0 aromatic heterocycles. The topological polar surface area (TPSA) is 63.3 Å². The van der Waals surface area contributed by atoms with E-state index in [2.05, 4.69) is 40.9 Å². The first-order chi connectivity index (χ1) is 13.6. The van der Waals surface area contributed by atoms with Crippen LogP contribution in [0.3, 0.4) is 0 Å². The first-order valence-electron chi connectivity index (χ1n) is 10.7. The molecule has 6 heteroatoms. The second-order valence-corrected chi connectivity index (χ2v) is 8.19. The highest BCUT2D eigenvalue weighted by molar-refractivity contribution is 5.78. The first-order valence-corrected chi connectivity index (χ1v) is 10.7. The molecule has 3 rings (SSSR count). The van der Waals surface area contributed by atoms with Crippen LogP contribution in [0, 0.1) is 5.92 Å². The second kappa shape index (κ2) is 10.7. The van der Waals surface area contributed by atoms with Gasteiger partial charge in [0, 0.05) is 38.9 Å². The number of guanidine groups is 1. The van der Waals surface area contributed by atoms with Gasteiger partial charge in [-0.1, -0.05) is 19.1 Å². The van der Waals surface area contributed by atoms with Crippen LogP contribution in [-0.4, -0.2) is 68.3 Å². The van der Waals surface area contributed by atoms with E-state index in [1.807, 2.05) is 12.1 Å². The van der Waals surface area contributed by atoms with Crippen LogP contribution in [0.4, 0.5) is 0 Å². The number of rotatable bonds is 7. The van der Waals surface area contributed by atoms with Gasteiger partial charge in [-0.15, -0.1) is 0 Å². The summed E-state index contributed by atoms with van der Waals surface area (Å²) in [5, 5.41) is 0. The van der Waals surface area contributed by atoms with Crippen LogP contribution in [0.25, 0.3) is 0 Å². The number of nitrogens with two attached hydrogens (primary N) is 1. The quantitative estimate of drug-likeness (QED) is 0.575. The number of nitrogens with zero attached hydrogens (tertiary/aromatic N) is 3. The third-order valence-electron chi connectivity index (χ3n) is 5.83. The van der Waals surface area contributed by atoms with Gasteiger partial charge in [0.25, 0.3) is 0 Å². The molecule has 0 amide bonds. The lowest BCUT2D eigenvalue weighted by molar-refractivity contribution is 0.0392. The molecule has 2 heterocycles. The summed E-state index contributed by atoms with van der Waals surface area (Å²) in [5.41, 5.74) is 7.34. The average Bonchev–Trinajstić information content (AvgIpc) is 2.73. The van der Waals surface area contributed by atoms with Crippen LogP contribution in [0.2, 0.25) is 0 Å². The predicted octanol–water partition coefficient (Wildman–Crippen LogP) is 2.72. The van der Waals surface area contributed by atoms with E-state index < -0.39 is 0 Å². The molecular weight excluding hydrogens is 352 g/mol. The summed E-state index contributed by atoms with van der Waals surface area (Å²) in [5.74, 6) is 2.26. The fourth-order valence-corrected chi connectivity index (χ4v) is 4.02. The van der Waals surface area contributed by atoms with Crippen molar-refractivity contribution >= 4 is 5.96 Å². The van der Waals surface area contributed by atoms with E-state index in [0.29, 0.717) is 31.1 Å². The lowest BCUT2D eigenvalue weighted by Crippen LogP contribution is -2.43. The summed E-state index contributed by atoms with van der Waals surface area (Å²) in [6, 6.07) is 8.80. The van der Waals surface area contributed by atoms with Gasteiger partial charge < -0.3 is 20.1 Å². The van der Waals surface area contributed by atoms with Crippen molar-refractivity contribution in [3.05, 3.63) is 29.8 Å². The fraction of sp³-hybridized carbons (Fsp3) is 0.682. The molecule has 28 heavy (non-hydrogen) atoms. The maximum Gasteiger partial charge on any atom is 0.191 e. The summed E-state index contributed by atoms with van der Waals surface area (Å²) < 4.78 is 11.4. The molecule has 1 aromatic carbocycles. The van der Waals surface area contributed by atoms with Crippen molar-refractivity contribution < 1.29 is 9.47 Å². The van der Waals surface area contributed by atoms with Crippen LogP contribution in [-0.2, 0) is 11.3 Å². The predicted molar refractivity (Wildman–Crippen MR) is 114 cm³/mol. The van der Waals surface area contributed by atoms with Gasteiger partial charge in [0.15, 0.2) is 5.96 Å². The first kappa shape index (κ1) is 20.9. The zero-order chi connectivity index (χ0) is 19.8. The molecule has 156 valence electrons. The molecule has 2 saturated heterocycles. The van der Waals surface area contributed by atoms with E-state index in [9.17, 15) is 0 Å². The maximum atomic E-state index is 6.21. The highest BCUT2D eigenvalue weighted by Gasteiger charge is 2.18. The Kier molecular flexibility index (Phi) is 7.98. The number of likely N-dealkylation sites (tertiary alicyclic amines) is 1. The lowest BCUT2D eigenvalue weighted by Gasteiger charge is -2.31. The summed E-state index contributed by atoms with van der Waals surface area (Å²) in [6.07, 6.45) is 4.71. The Morgan fingerprint density at radius 3 is 2.93 bits per heavy atom. The summed E-state index contributed by atoms with van der Waals surface area (Å²) >= 11 is 0. The molecule has 1 aromatic rings. The molecule has 0 radical (unpaired) electrons. The zero-order valence-corrected chi connectivity index (χ0v) is 17.5. The molecule has 1 unspecified atom stereocenters. The van der Waals surface area contributed by atoms with Gasteiger partial charge in [0.1, 0.15) is 12.4 Å². The van der Waals surface area contributed by atoms with Crippen molar-refractivity contribution in [1.82, 2.24) is 9.80 Å². The zero-order valence-electron chi connectivity index (χ0n) is 17.5. The van der Waals surface area contributed by atoms with E-state index in [1.165, 1.54) is 12.8 Å². The molecule has 2 fully saturated rings. The Balaban J connectivity index is 1.45. The van der Waals surface area contributed by atoms with Crippen LogP contribution in [0.15, 0.2) is 29.3 Å². The van der Waals surface area contributed by atoms with Gasteiger partial charge in [-0.2, -0.15) is 0 Å². The fourth-order valence-electron chi connectivity index (χ4n) is 4.02. The monoisotopic (exact) mass is 388 g/mol. The van der Waals surface area contributed by atoms with Crippen molar-refractivity contribution in [2.24, 2.45) is 16.6 Å². The van der Waals surface area contributed by atoms with E-state index in [-0.39, 0.29) is 0 Å². The molecule has 6 nitrogen and oxygen atoms in total. The second-order valence-electron chi connectivity index (χ2n) is 8.19. The highest BCUT2D eigenvalue weighted by atomic mass is 16.5. The standard InChI is InChI=1S/C22H36N4O2/c1-18-5-4-10-26(17-18)22(23)24-16-19-6-3-7-21(15-19)28-14-11-25(2)20-8-12-27-13-9-20/h3,6-7,15,18,20H,4-5,8-14,16-17H2,1-2H3,(H2,23,24). The SMILES string of the molecule is CC1CCCN(C(N)=NCc2cccc(OCCN(C)C3CCOCC3)c2)C1. The number of benzene rings is 1. The van der Waals surface area contributed by atoms with Gasteiger partial charge in [-0.25, -0.2) is 4.99 Å². The van der Waals surface area contributed by atoms with Crippen molar-refractivity contribution in [3.63, 3.8) is 0 Å². The van der Waals surface area contributed by atoms with Gasteiger partial charge >= 0.3 is 0 Å². The highest BCUT2D eigenvalue weighted by Crippen LogP contribution is 2.17. The van der Waals surface area contributed by atoms with Crippen LogP contribution in [0.1, 0.15) is 38.2 Å². The number of hydrogen-bond acceptors (Lipinski definition) is 4. The number of piperidine rings is 1. The Labute approximate surface area is 169 Å². The van der Waals surface area contributed by atoms with E-state index >= 15 is 0 Å². The van der Waals surface area contributed by atoms with Crippen molar-refractivity contribution in [2.45, 2.75) is 45.2 Å². The third-order valence-corrected chi connectivity index (χ3v) is 5.83. The lowest BCUT2D eigenvalue weighted by atomic mass is 10.0. The minimum absolute atomic E-state index is 0.593. The number of hydrogen-bond donors (Lipinski definition) is 1. The van der Waals surface area contributed by atoms with E-state index in [0.717, 1.165) is 57.0 Å². The number of likely N-dealkylation sites (N-methyl/N-ethyl adjacent to an activating group) is 1. The summed E-state index contributed by atoms with van der Waals surface area (Å²) in [6.45, 7) is 8.26. The Hall–Kier alpha value is -1.79. The largest absolute Gasteiger partial charge is 0.492 e. The number of ether oxygens (including phenoxy) is 2. The summed E-state index contributed by atoms with van der Waals surface area (Å²) in [4.78, 5) is 9.20. The van der Waals surface area contributed by atoms with Gasteiger partial charge in [-0.05, 0) is 56.3 Å². The molecule has 0 saturated carbocycles. The molecule has 1 atom stereocenters. The third kappa shape index (κ3) is 6.38. The van der Waals surface area contributed by atoms with Gasteiger partial charge in [0.05, 0.1) is 6.54 Å². The van der Waals surface area contributed by atoms with E-state index in [1.54, 1.807) is 0 Å². The van der Waals surface area contributed by atoms with E-state index in [4.69, 9.17) is 15.2 Å². The minimum Gasteiger partial charge on any atom is -0.492 e. The Morgan fingerprint density at radius 2 is 2.14 bits per heavy atom. The van der Waals surface area contributed by atoms with Crippen LogP contribution >= 0.6 is 0 Å². The minimum atomic E-state index is 0.593. The molecule has 0 aliphatic carbocycles. The Bertz CT molecular complexity index is 631. The van der Waals surface area contributed by atoms with Crippen molar-refractivity contribution in [3.8, 4) is 5.75 Å².